The molecule has 4 heteroatoms. The van der Waals surface area contributed by atoms with Crippen LogP contribution >= 0.6 is 0 Å². The fraction of sp³-hybridized carbons (Fsp3) is 0.500. The molecule has 2 atom stereocenters. The molecule has 0 bridgehead atoms. The number of benzene rings is 1. The summed E-state index contributed by atoms with van der Waals surface area (Å²) in [4.78, 5) is 14.2. The summed E-state index contributed by atoms with van der Waals surface area (Å²) in [5.74, 6) is -0.445. The quantitative estimate of drug-likeness (QED) is 0.790. The molecule has 4 nitrogen and oxygen atoms in total. The van der Waals surface area contributed by atoms with Crippen LogP contribution in [0.1, 0.15) is 25.8 Å². The van der Waals surface area contributed by atoms with E-state index in [0.717, 1.165) is 12.1 Å². The average molecular weight is 272 g/mol. The van der Waals surface area contributed by atoms with Crippen LogP contribution in [0.3, 0.4) is 0 Å². The Morgan fingerprint density at radius 1 is 1.55 bits per heavy atom. The molecule has 1 heterocycles. The van der Waals surface area contributed by atoms with Crippen LogP contribution in [0.25, 0.3) is 0 Å². The number of para-hydroxylation sites is 1. The standard InChI is InChI=1S/C16H20N2O2/c1-4-16(10-17,15(19)20-3)11-18-12(2)9-13-7-5-6-8-14(13)18/h5-8,12H,4,9,11H2,1-3H3. The van der Waals surface area contributed by atoms with Crippen molar-refractivity contribution in [1.82, 2.24) is 0 Å². The third-order valence-corrected chi connectivity index (χ3v) is 4.18. The summed E-state index contributed by atoms with van der Waals surface area (Å²) in [6.45, 7) is 4.35. The van der Waals surface area contributed by atoms with Crippen molar-refractivity contribution < 1.29 is 9.53 Å². The molecule has 106 valence electrons. The zero-order valence-electron chi connectivity index (χ0n) is 12.2. The second-order valence-electron chi connectivity index (χ2n) is 5.35. The van der Waals surface area contributed by atoms with Gasteiger partial charge in [-0.05, 0) is 31.4 Å². The topological polar surface area (TPSA) is 53.3 Å². The lowest BCUT2D eigenvalue weighted by atomic mass is 9.86. The van der Waals surface area contributed by atoms with Gasteiger partial charge in [-0.1, -0.05) is 25.1 Å². The molecule has 0 saturated carbocycles. The van der Waals surface area contributed by atoms with E-state index in [1.54, 1.807) is 0 Å². The highest BCUT2D eigenvalue weighted by molar-refractivity contribution is 5.81. The van der Waals surface area contributed by atoms with Crippen LogP contribution in [-0.2, 0) is 16.0 Å². The fourth-order valence-corrected chi connectivity index (χ4v) is 2.84. The predicted octanol–water partition coefficient (Wildman–Crippen LogP) is 2.53. The molecule has 2 unspecified atom stereocenters. The first-order valence-corrected chi connectivity index (χ1v) is 6.92. The van der Waals surface area contributed by atoms with E-state index in [2.05, 4.69) is 24.0 Å². The van der Waals surface area contributed by atoms with Gasteiger partial charge in [0, 0.05) is 18.3 Å². The predicted molar refractivity (Wildman–Crippen MR) is 77.3 cm³/mol. The molecule has 20 heavy (non-hydrogen) atoms. The van der Waals surface area contributed by atoms with Gasteiger partial charge in [0.05, 0.1) is 13.2 Å². The molecule has 0 aromatic heterocycles. The second kappa shape index (κ2) is 5.54. The van der Waals surface area contributed by atoms with E-state index >= 15 is 0 Å². The fourth-order valence-electron chi connectivity index (χ4n) is 2.84. The van der Waals surface area contributed by atoms with Crippen molar-refractivity contribution in [3.63, 3.8) is 0 Å². The minimum Gasteiger partial charge on any atom is -0.468 e. The summed E-state index contributed by atoms with van der Waals surface area (Å²) in [6, 6.07) is 10.6. The molecule has 1 aliphatic rings. The maximum absolute atomic E-state index is 12.0. The van der Waals surface area contributed by atoms with Gasteiger partial charge in [-0.2, -0.15) is 5.26 Å². The Morgan fingerprint density at radius 2 is 2.25 bits per heavy atom. The van der Waals surface area contributed by atoms with Crippen molar-refractivity contribution in [3.05, 3.63) is 29.8 Å². The number of nitriles is 1. The van der Waals surface area contributed by atoms with E-state index in [4.69, 9.17) is 4.74 Å². The van der Waals surface area contributed by atoms with Gasteiger partial charge in [0.1, 0.15) is 0 Å². The van der Waals surface area contributed by atoms with E-state index in [9.17, 15) is 10.1 Å². The van der Waals surface area contributed by atoms with Gasteiger partial charge in [0.15, 0.2) is 5.41 Å². The summed E-state index contributed by atoms with van der Waals surface area (Å²) in [7, 11) is 1.34. The van der Waals surface area contributed by atoms with Crippen molar-refractivity contribution >= 4 is 11.7 Å². The van der Waals surface area contributed by atoms with E-state index in [1.807, 2.05) is 25.1 Å². The Bertz CT molecular complexity index is 550. The summed E-state index contributed by atoms with van der Waals surface area (Å²) < 4.78 is 4.84. The molecule has 0 spiro atoms. The number of nitrogens with zero attached hydrogens (tertiary/aromatic N) is 2. The second-order valence-corrected chi connectivity index (χ2v) is 5.35. The lowest BCUT2D eigenvalue weighted by Crippen LogP contribution is -2.45. The Labute approximate surface area is 120 Å². The Kier molecular flexibility index (Phi) is 3.99. The van der Waals surface area contributed by atoms with Gasteiger partial charge < -0.3 is 9.64 Å². The molecule has 0 saturated heterocycles. The highest BCUT2D eigenvalue weighted by Gasteiger charge is 2.42. The first kappa shape index (κ1) is 14.4. The van der Waals surface area contributed by atoms with E-state index in [1.165, 1.54) is 12.7 Å². The third-order valence-electron chi connectivity index (χ3n) is 4.18. The van der Waals surface area contributed by atoms with Crippen LogP contribution in [0.2, 0.25) is 0 Å². The molecule has 0 amide bonds. The van der Waals surface area contributed by atoms with Crippen LogP contribution in [0.5, 0.6) is 0 Å². The lowest BCUT2D eigenvalue weighted by molar-refractivity contribution is -0.149. The summed E-state index contributed by atoms with van der Waals surface area (Å²) >= 11 is 0. The number of hydrogen-bond acceptors (Lipinski definition) is 4. The van der Waals surface area contributed by atoms with Gasteiger partial charge in [-0.3, -0.25) is 4.79 Å². The number of esters is 1. The Balaban J connectivity index is 2.33. The number of carbonyl (C=O) groups is 1. The van der Waals surface area contributed by atoms with E-state index in [-0.39, 0.29) is 6.04 Å². The Hall–Kier alpha value is -2.02. The van der Waals surface area contributed by atoms with Crippen molar-refractivity contribution in [2.75, 3.05) is 18.6 Å². The maximum Gasteiger partial charge on any atom is 0.328 e. The SMILES string of the molecule is CCC(C#N)(CN1c2ccccc2CC1C)C(=O)OC. The Morgan fingerprint density at radius 3 is 2.85 bits per heavy atom. The first-order valence-electron chi connectivity index (χ1n) is 6.92. The zero-order chi connectivity index (χ0) is 14.8. The van der Waals surface area contributed by atoms with Gasteiger partial charge in [0.2, 0.25) is 0 Å². The van der Waals surface area contributed by atoms with Crippen molar-refractivity contribution in [3.8, 4) is 6.07 Å². The van der Waals surface area contributed by atoms with Crippen LogP contribution in [0.15, 0.2) is 24.3 Å². The van der Waals surface area contributed by atoms with E-state index < -0.39 is 11.4 Å². The number of methoxy groups -OCH3 is 1. The molecule has 0 N–H and O–H groups in total. The van der Waals surface area contributed by atoms with Crippen LogP contribution in [0, 0.1) is 16.7 Å². The molecule has 0 radical (unpaired) electrons. The minimum atomic E-state index is -1.10. The summed E-state index contributed by atoms with van der Waals surface area (Å²) in [6.07, 6.45) is 1.39. The van der Waals surface area contributed by atoms with Crippen molar-refractivity contribution in [2.24, 2.45) is 5.41 Å². The average Bonchev–Trinajstić information content (AvgIpc) is 2.79. The number of carbonyl (C=O) groups excluding carboxylic acids is 1. The number of hydrogen-bond donors (Lipinski definition) is 0. The first-order chi connectivity index (χ1) is 9.57. The van der Waals surface area contributed by atoms with Gasteiger partial charge in [0.25, 0.3) is 0 Å². The van der Waals surface area contributed by atoms with Crippen LogP contribution in [-0.4, -0.2) is 25.7 Å². The molecule has 2 rings (SSSR count). The highest BCUT2D eigenvalue weighted by Crippen LogP contribution is 2.36. The molecule has 1 aromatic carbocycles. The summed E-state index contributed by atoms with van der Waals surface area (Å²) in [5.41, 5.74) is 1.30. The maximum atomic E-state index is 12.0. The van der Waals surface area contributed by atoms with Crippen LogP contribution < -0.4 is 4.90 Å². The molecule has 1 aliphatic heterocycles. The number of fused-ring (bicyclic) bond motifs is 1. The van der Waals surface area contributed by atoms with Crippen molar-refractivity contribution in [2.45, 2.75) is 32.7 Å². The number of anilines is 1. The monoisotopic (exact) mass is 272 g/mol. The largest absolute Gasteiger partial charge is 0.468 e. The van der Waals surface area contributed by atoms with Gasteiger partial charge >= 0.3 is 5.97 Å². The molecule has 1 aromatic rings. The van der Waals surface area contributed by atoms with Gasteiger partial charge in [-0.15, -0.1) is 0 Å². The summed E-state index contributed by atoms with van der Waals surface area (Å²) in [5, 5.41) is 9.50. The normalized spacial score (nSPS) is 19.9. The zero-order valence-corrected chi connectivity index (χ0v) is 12.2. The third kappa shape index (κ3) is 2.24. The minimum absolute atomic E-state index is 0.288. The lowest BCUT2D eigenvalue weighted by Gasteiger charge is -2.32. The van der Waals surface area contributed by atoms with Crippen LogP contribution in [0.4, 0.5) is 5.69 Å². The van der Waals surface area contributed by atoms with Gasteiger partial charge in [-0.25, -0.2) is 0 Å². The number of ether oxygens (including phenoxy) is 1. The molecular formula is C16H20N2O2. The van der Waals surface area contributed by atoms with Crippen molar-refractivity contribution in [1.29, 1.82) is 5.26 Å². The highest BCUT2D eigenvalue weighted by atomic mass is 16.5. The van der Waals surface area contributed by atoms with E-state index in [0.29, 0.717) is 13.0 Å². The molecule has 0 aliphatic carbocycles. The smallest absolute Gasteiger partial charge is 0.328 e. The molecular weight excluding hydrogens is 252 g/mol. The molecule has 0 fully saturated rings. The number of rotatable bonds is 4.